The molecule has 19 heavy (non-hydrogen) atoms. The van der Waals surface area contributed by atoms with E-state index in [1.54, 1.807) is 7.05 Å². The summed E-state index contributed by atoms with van der Waals surface area (Å²) in [4.78, 5) is 8.47. The van der Waals surface area contributed by atoms with E-state index in [1.165, 1.54) is 6.20 Å². The van der Waals surface area contributed by atoms with Crippen molar-refractivity contribution in [2.75, 3.05) is 12.4 Å². The molecule has 0 spiro atoms. The highest BCUT2D eigenvalue weighted by molar-refractivity contribution is 7.80. The Labute approximate surface area is 126 Å². The Morgan fingerprint density at radius 3 is 2.74 bits per heavy atom. The molecule has 0 amide bonds. The number of hydrogen-bond acceptors (Lipinski definition) is 4. The molecule has 98 valence electrons. The van der Waals surface area contributed by atoms with Crippen molar-refractivity contribution in [3.63, 3.8) is 0 Å². The van der Waals surface area contributed by atoms with Crippen LogP contribution in [0.25, 0.3) is 0 Å². The molecule has 0 atom stereocenters. The van der Waals surface area contributed by atoms with Crippen LogP contribution < -0.4 is 10.6 Å². The van der Waals surface area contributed by atoms with Crippen molar-refractivity contribution < 1.29 is 0 Å². The summed E-state index contributed by atoms with van der Waals surface area (Å²) in [6.07, 6.45) is 1.44. The molecule has 0 saturated heterocycles. The van der Waals surface area contributed by atoms with E-state index in [0.717, 1.165) is 11.3 Å². The van der Waals surface area contributed by atoms with E-state index in [-0.39, 0.29) is 5.28 Å². The fourth-order valence-corrected chi connectivity index (χ4v) is 1.94. The summed E-state index contributed by atoms with van der Waals surface area (Å²) in [5, 5.41) is 6.54. The van der Waals surface area contributed by atoms with Gasteiger partial charge in [-0.05, 0) is 23.7 Å². The molecule has 0 fully saturated rings. The van der Waals surface area contributed by atoms with E-state index in [2.05, 4.69) is 20.6 Å². The molecule has 0 radical (unpaired) electrons. The van der Waals surface area contributed by atoms with E-state index in [0.29, 0.717) is 15.8 Å². The highest BCUT2D eigenvalue weighted by Gasteiger charge is 2.09. The van der Waals surface area contributed by atoms with Crippen LogP contribution in [0.1, 0.15) is 5.56 Å². The van der Waals surface area contributed by atoms with Gasteiger partial charge < -0.3 is 10.6 Å². The van der Waals surface area contributed by atoms with Crippen molar-refractivity contribution in [1.29, 1.82) is 0 Å². The first-order valence-electron chi connectivity index (χ1n) is 5.38. The third-order valence-corrected chi connectivity index (χ3v) is 3.25. The third-order valence-electron chi connectivity index (χ3n) is 2.37. The lowest BCUT2D eigenvalue weighted by molar-refractivity contribution is 1.16. The lowest BCUT2D eigenvalue weighted by Gasteiger charge is -2.12. The summed E-state index contributed by atoms with van der Waals surface area (Å²) in [7, 11) is 1.77. The third kappa shape index (κ3) is 3.32. The minimum atomic E-state index is 0.126. The molecular formula is C12H10Cl2N4S. The lowest BCUT2D eigenvalue weighted by atomic mass is 10.1. The zero-order valence-corrected chi connectivity index (χ0v) is 12.3. The highest BCUT2D eigenvalue weighted by Crippen LogP contribution is 2.25. The van der Waals surface area contributed by atoms with Crippen LogP contribution >= 0.6 is 35.4 Å². The van der Waals surface area contributed by atoms with Crippen LogP contribution in [0.3, 0.4) is 0 Å². The van der Waals surface area contributed by atoms with Crippen molar-refractivity contribution in [2.45, 2.75) is 0 Å². The summed E-state index contributed by atoms with van der Waals surface area (Å²) >= 11 is 17.0. The molecule has 1 aromatic heterocycles. The summed E-state index contributed by atoms with van der Waals surface area (Å²) in [5.74, 6) is 0.438. The van der Waals surface area contributed by atoms with Gasteiger partial charge in [-0.25, -0.2) is 4.98 Å². The number of halogens is 2. The molecule has 2 rings (SSSR count). The average molecular weight is 313 g/mol. The minimum Gasteiger partial charge on any atom is -0.379 e. The Morgan fingerprint density at radius 2 is 2.00 bits per heavy atom. The average Bonchev–Trinajstić information content (AvgIpc) is 2.42. The van der Waals surface area contributed by atoms with Gasteiger partial charge in [0.15, 0.2) is 5.82 Å². The SMILES string of the molecule is CNC(=S)c1ccccc1Nc1nc(Cl)ncc1Cl. The molecule has 2 aromatic rings. The summed E-state index contributed by atoms with van der Waals surface area (Å²) in [6, 6.07) is 7.57. The van der Waals surface area contributed by atoms with Gasteiger partial charge in [0.05, 0.1) is 6.20 Å². The van der Waals surface area contributed by atoms with E-state index >= 15 is 0 Å². The first kappa shape index (κ1) is 14.0. The van der Waals surface area contributed by atoms with E-state index < -0.39 is 0 Å². The largest absolute Gasteiger partial charge is 0.379 e. The summed E-state index contributed by atoms with van der Waals surface area (Å²) in [6.45, 7) is 0. The van der Waals surface area contributed by atoms with E-state index in [1.807, 2.05) is 24.3 Å². The predicted molar refractivity (Wildman–Crippen MR) is 82.5 cm³/mol. The van der Waals surface area contributed by atoms with Crippen LogP contribution in [0.2, 0.25) is 10.3 Å². The number of benzene rings is 1. The molecule has 1 aromatic carbocycles. The molecule has 1 heterocycles. The molecule has 0 bridgehead atoms. The molecule has 0 aliphatic heterocycles. The monoisotopic (exact) mass is 312 g/mol. The maximum Gasteiger partial charge on any atom is 0.224 e. The Hall–Kier alpha value is -1.43. The van der Waals surface area contributed by atoms with Gasteiger partial charge in [0.25, 0.3) is 0 Å². The Kier molecular flexibility index (Phi) is 4.52. The van der Waals surface area contributed by atoms with E-state index in [9.17, 15) is 0 Å². The smallest absolute Gasteiger partial charge is 0.224 e. The summed E-state index contributed by atoms with van der Waals surface area (Å²) < 4.78 is 0. The zero-order valence-electron chi connectivity index (χ0n) is 9.95. The van der Waals surface area contributed by atoms with Crippen molar-refractivity contribution >= 4 is 51.9 Å². The van der Waals surface area contributed by atoms with Gasteiger partial charge in [-0.15, -0.1) is 0 Å². The van der Waals surface area contributed by atoms with Crippen molar-refractivity contribution in [2.24, 2.45) is 0 Å². The Balaban J connectivity index is 2.38. The van der Waals surface area contributed by atoms with Crippen LogP contribution in [0.15, 0.2) is 30.5 Å². The fourth-order valence-electron chi connectivity index (χ4n) is 1.49. The van der Waals surface area contributed by atoms with Gasteiger partial charge in [0, 0.05) is 18.3 Å². The first-order valence-corrected chi connectivity index (χ1v) is 6.54. The van der Waals surface area contributed by atoms with Gasteiger partial charge in [0.1, 0.15) is 10.0 Å². The molecule has 2 N–H and O–H groups in total. The van der Waals surface area contributed by atoms with Gasteiger partial charge in [-0.3, -0.25) is 0 Å². The number of nitrogens with one attached hydrogen (secondary N) is 2. The summed E-state index contributed by atoms with van der Waals surface area (Å²) in [5.41, 5.74) is 1.64. The number of para-hydroxylation sites is 1. The zero-order chi connectivity index (χ0) is 13.8. The van der Waals surface area contributed by atoms with Crippen LogP contribution in [0.4, 0.5) is 11.5 Å². The number of anilines is 2. The Bertz CT molecular complexity index is 618. The first-order chi connectivity index (χ1) is 9.11. The maximum atomic E-state index is 6.02. The number of nitrogens with zero attached hydrogens (tertiary/aromatic N) is 2. The normalized spacial score (nSPS) is 10.1. The molecular weight excluding hydrogens is 303 g/mol. The molecule has 0 aliphatic carbocycles. The number of hydrogen-bond donors (Lipinski definition) is 2. The minimum absolute atomic E-state index is 0.126. The quantitative estimate of drug-likeness (QED) is 0.672. The van der Waals surface area contributed by atoms with E-state index in [4.69, 9.17) is 35.4 Å². The molecule has 4 nitrogen and oxygen atoms in total. The molecule has 0 aliphatic rings. The fraction of sp³-hybridized carbons (Fsp3) is 0.0833. The number of rotatable bonds is 3. The second-order valence-electron chi connectivity index (χ2n) is 3.59. The van der Waals surface area contributed by atoms with Crippen LogP contribution in [-0.4, -0.2) is 22.0 Å². The van der Waals surface area contributed by atoms with Crippen molar-refractivity contribution in [3.8, 4) is 0 Å². The standard InChI is InChI=1S/C12H10Cl2N4S/c1-15-11(19)7-4-2-3-5-9(7)17-10-8(13)6-16-12(14)18-10/h2-6H,1H3,(H,15,19)(H,16,17,18). The van der Waals surface area contributed by atoms with Gasteiger partial charge in [0.2, 0.25) is 5.28 Å². The maximum absolute atomic E-state index is 6.02. The molecule has 7 heteroatoms. The van der Waals surface area contributed by atoms with Gasteiger partial charge in [-0.2, -0.15) is 4.98 Å². The predicted octanol–water partition coefficient (Wildman–Crippen LogP) is 3.42. The molecule has 0 unspecified atom stereocenters. The topological polar surface area (TPSA) is 49.8 Å². The van der Waals surface area contributed by atoms with Gasteiger partial charge >= 0.3 is 0 Å². The highest BCUT2D eigenvalue weighted by atomic mass is 35.5. The number of aromatic nitrogens is 2. The second-order valence-corrected chi connectivity index (χ2v) is 4.74. The van der Waals surface area contributed by atoms with Crippen LogP contribution in [-0.2, 0) is 0 Å². The lowest BCUT2D eigenvalue weighted by Crippen LogP contribution is -2.17. The Morgan fingerprint density at radius 1 is 1.26 bits per heavy atom. The van der Waals surface area contributed by atoms with Crippen LogP contribution in [0, 0.1) is 0 Å². The van der Waals surface area contributed by atoms with Gasteiger partial charge in [-0.1, -0.05) is 36.0 Å². The number of thiocarbonyl (C=S) groups is 1. The van der Waals surface area contributed by atoms with Crippen molar-refractivity contribution in [1.82, 2.24) is 15.3 Å². The molecule has 0 saturated carbocycles. The van der Waals surface area contributed by atoms with Crippen molar-refractivity contribution in [3.05, 3.63) is 46.3 Å². The second kappa shape index (κ2) is 6.14. The van der Waals surface area contributed by atoms with Crippen LogP contribution in [0.5, 0.6) is 0 Å².